The molecule has 0 unspecified atom stereocenters. The lowest BCUT2D eigenvalue weighted by Gasteiger charge is -2.16. The van der Waals surface area contributed by atoms with Crippen molar-refractivity contribution in [3.8, 4) is 0 Å². The summed E-state index contributed by atoms with van der Waals surface area (Å²) in [5.74, 6) is -0.617. The Balaban J connectivity index is 1.82. The van der Waals surface area contributed by atoms with Crippen molar-refractivity contribution in [1.82, 2.24) is 10.6 Å². The van der Waals surface area contributed by atoms with E-state index in [1.165, 1.54) is 0 Å². The second kappa shape index (κ2) is 8.44. The number of benzene rings is 1. The summed E-state index contributed by atoms with van der Waals surface area (Å²) in [7, 11) is 1.56. The molecule has 0 bridgehead atoms. The van der Waals surface area contributed by atoms with Crippen LogP contribution in [-0.4, -0.2) is 49.9 Å². The molecule has 2 amide bonds. The van der Waals surface area contributed by atoms with Crippen LogP contribution in [0.5, 0.6) is 0 Å². The molecule has 7 heteroatoms. The van der Waals surface area contributed by atoms with Gasteiger partial charge in [0, 0.05) is 20.1 Å². The first-order valence-electron chi connectivity index (χ1n) is 7.88. The molecule has 0 fully saturated rings. The maximum atomic E-state index is 12.2. The van der Waals surface area contributed by atoms with Crippen molar-refractivity contribution in [2.24, 2.45) is 5.16 Å². The standard InChI is InChI=1S/C17H23N3O4/c1-11-4-6-13(7-5-11)14-10-15(24-20-14)17(22)19-12(2)16(21)18-8-9-23-3/h4-7,12,15H,8-10H2,1-3H3,(H,18,21)(H,19,22)/t12-,15+/m1/s1. The Labute approximate surface area is 141 Å². The van der Waals surface area contributed by atoms with Gasteiger partial charge in [-0.1, -0.05) is 35.0 Å². The number of hydrogen-bond donors (Lipinski definition) is 2. The second-order valence-electron chi connectivity index (χ2n) is 5.72. The molecule has 1 aromatic carbocycles. The average molecular weight is 333 g/mol. The van der Waals surface area contributed by atoms with Crippen LogP contribution in [0.4, 0.5) is 0 Å². The molecule has 0 spiro atoms. The van der Waals surface area contributed by atoms with Crippen LogP contribution in [-0.2, 0) is 19.2 Å². The number of methoxy groups -OCH3 is 1. The molecular formula is C17H23N3O4. The van der Waals surface area contributed by atoms with E-state index >= 15 is 0 Å². The van der Waals surface area contributed by atoms with Gasteiger partial charge in [-0.3, -0.25) is 9.59 Å². The number of ether oxygens (including phenoxy) is 1. The molecule has 1 aliphatic rings. The van der Waals surface area contributed by atoms with Crippen molar-refractivity contribution in [3.05, 3.63) is 35.4 Å². The smallest absolute Gasteiger partial charge is 0.264 e. The summed E-state index contributed by atoms with van der Waals surface area (Å²) in [6.45, 7) is 4.45. The number of nitrogens with zero attached hydrogens (tertiary/aromatic N) is 1. The van der Waals surface area contributed by atoms with Gasteiger partial charge >= 0.3 is 0 Å². The lowest BCUT2D eigenvalue weighted by Crippen LogP contribution is -2.48. The van der Waals surface area contributed by atoms with Gasteiger partial charge in [0.1, 0.15) is 6.04 Å². The molecule has 0 radical (unpaired) electrons. The highest BCUT2D eigenvalue weighted by Crippen LogP contribution is 2.17. The van der Waals surface area contributed by atoms with E-state index in [1.54, 1.807) is 14.0 Å². The van der Waals surface area contributed by atoms with Gasteiger partial charge in [0.2, 0.25) is 12.0 Å². The SMILES string of the molecule is COCCNC(=O)[C@@H](C)NC(=O)[C@@H]1CC(c2ccc(C)cc2)=NO1. The molecule has 1 aliphatic heterocycles. The van der Waals surface area contributed by atoms with E-state index in [0.29, 0.717) is 19.6 Å². The molecule has 1 heterocycles. The minimum atomic E-state index is -0.712. The van der Waals surface area contributed by atoms with E-state index in [1.807, 2.05) is 31.2 Å². The van der Waals surface area contributed by atoms with Gasteiger partial charge in [-0.05, 0) is 19.4 Å². The van der Waals surface area contributed by atoms with Gasteiger partial charge in [0.15, 0.2) is 0 Å². The lowest BCUT2D eigenvalue weighted by atomic mass is 10.0. The molecule has 130 valence electrons. The number of hydrogen-bond acceptors (Lipinski definition) is 5. The second-order valence-corrected chi connectivity index (χ2v) is 5.72. The maximum Gasteiger partial charge on any atom is 0.264 e. The van der Waals surface area contributed by atoms with Crippen LogP contribution < -0.4 is 10.6 Å². The van der Waals surface area contributed by atoms with Crippen LogP contribution >= 0.6 is 0 Å². The van der Waals surface area contributed by atoms with Crippen LogP contribution in [0.15, 0.2) is 29.4 Å². The van der Waals surface area contributed by atoms with Crippen LogP contribution in [0, 0.1) is 6.92 Å². The number of carbonyl (C=O) groups excluding carboxylic acids is 2. The highest BCUT2D eigenvalue weighted by molar-refractivity contribution is 6.04. The molecule has 1 aromatic rings. The summed E-state index contributed by atoms with van der Waals surface area (Å²) in [5.41, 5.74) is 2.81. The Bertz CT molecular complexity index is 613. The van der Waals surface area contributed by atoms with Crippen LogP contribution in [0.1, 0.15) is 24.5 Å². The van der Waals surface area contributed by atoms with Gasteiger partial charge in [0.05, 0.1) is 12.3 Å². The molecule has 0 saturated carbocycles. The van der Waals surface area contributed by atoms with Crippen molar-refractivity contribution in [3.63, 3.8) is 0 Å². The Kier molecular flexibility index (Phi) is 6.31. The number of oxime groups is 1. The monoisotopic (exact) mass is 333 g/mol. The van der Waals surface area contributed by atoms with Crippen molar-refractivity contribution < 1.29 is 19.2 Å². The Morgan fingerprint density at radius 1 is 1.38 bits per heavy atom. The van der Waals surface area contributed by atoms with E-state index in [9.17, 15) is 9.59 Å². The third-order valence-electron chi connectivity index (χ3n) is 3.70. The first kappa shape index (κ1) is 17.9. The predicted molar refractivity (Wildman–Crippen MR) is 89.7 cm³/mol. The van der Waals surface area contributed by atoms with Gasteiger partial charge in [0.25, 0.3) is 5.91 Å². The van der Waals surface area contributed by atoms with Gasteiger partial charge in [-0.2, -0.15) is 0 Å². The third kappa shape index (κ3) is 4.79. The summed E-state index contributed by atoms with van der Waals surface area (Å²) < 4.78 is 4.86. The molecule has 24 heavy (non-hydrogen) atoms. The first-order chi connectivity index (χ1) is 11.5. The van der Waals surface area contributed by atoms with Crippen LogP contribution in [0.25, 0.3) is 0 Å². The highest BCUT2D eigenvalue weighted by atomic mass is 16.6. The fraction of sp³-hybridized carbons (Fsp3) is 0.471. The van der Waals surface area contributed by atoms with Gasteiger partial charge in [-0.25, -0.2) is 0 Å². The molecule has 7 nitrogen and oxygen atoms in total. The zero-order chi connectivity index (χ0) is 17.5. The summed E-state index contributed by atoms with van der Waals surface area (Å²) >= 11 is 0. The summed E-state index contributed by atoms with van der Waals surface area (Å²) in [4.78, 5) is 29.3. The van der Waals surface area contributed by atoms with Crippen molar-refractivity contribution in [2.45, 2.75) is 32.4 Å². The molecule has 0 saturated heterocycles. The summed E-state index contributed by atoms with van der Waals surface area (Å²) in [6, 6.07) is 7.21. The minimum Gasteiger partial charge on any atom is -0.383 e. The quantitative estimate of drug-likeness (QED) is 0.721. The maximum absolute atomic E-state index is 12.2. The fourth-order valence-corrected chi connectivity index (χ4v) is 2.24. The van der Waals surface area contributed by atoms with Crippen molar-refractivity contribution in [1.29, 1.82) is 0 Å². The largest absolute Gasteiger partial charge is 0.383 e. The zero-order valence-electron chi connectivity index (χ0n) is 14.2. The molecule has 0 aliphatic carbocycles. The fourth-order valence-electron chi connectivity index (χ4n) is 2.24. The van der Waals surface area contributed by atoms with E-state index in [2.05, 4.69) is 15.8 Å². The van der Waals surface area contributed by atoms with E-state index < -0.39 is 12.1 Å². The van der Waals surface area contributed by atoms with Crippen LogP contribution in [0.2, 0.25) is 0 Å². The Morgan fingerprint density at radius 2 is 2.08 bits per heavy atom. The Morgan fingerprint density at radius 3 is 2.75 bits per heavy atom. The predicted octanol–water partition coefficient (Wildman–Crippen LogP) is 0.755. The summed E-state index contributed by atoms with van der Waals surface area (Å²) in [6.07, 6.45) is -0.331. The molecule has 2 N–H and O–H groups in total. The Hall–Kier alpha value is -2.41. The topological polar surface area (TPSA) is 89.0 Å². The lowest BCUT2D eigenvalue weighted by molar-refractivity contribution is -0.135. The van der Waals surface area contributed by atoms with E-state index in [-0.39, 0.29) is 11.8 Å². The third-order valence-corrected chi connectivity index (χ3v) is 3.70. The first-order valence-corrected chi connectivity index (χ1v) is 7.88. The number of carbonyl (C=O) groups is 2. The van der Waals surface area contributed by atoms with Crippen molar-refractivity contribution >= 4 is 17.5 Å². The molecule has 2 rings (SSSR count). The molecule has 2 atom stereocenters. The number of rotatable bonds is 7. The number of amides is 2. The molecule has 0 aromatic heterocycles. The highest BCUT2D eigenvalue weighted by Gasteiger charge is 2.30. The minimum absolute atomic E-state index is 0.266. The van der Waals surface area contributed by atoms with Gasteiger partial charge < -0.3 is 20.2 Å². The molecular weight excluding hydrogens is 310 g/mol. The number of aryl methyl sites for hydroxylation is 1. The average Bonchev–Trinajstić information content (AvgIpc) is 3.05. The van der Waals surface area contributed by atoms with E-state index in [4.69, 9.17) is 9.57 Å². The van der Waals surface area contributed by atoms with Crippen LogP contribution in [0.3, 0.4) is 0 Å². The van der Waals surface area contributed by atoms with Gasteiger partial charge in [-0.15, -0.1) is 0 Å². The van der Waals surface area contributed by atoms with Crippen molar-refractivity contribution in [2.75, 3.05) is 20.3 Å². The van der Waals surface area contributed by atoms with E-state index in [0.717, 1.165) is 16.8 Å². The zero-order valence-corrected chi connectivity index (χ0v) is 14.2. The number of nitrogens with one attached hydrogen (secondary N) is 2. The summed E-state index contributed by atoms with van der Waals surface area (Å²) in [5, 5.41) is 9.30. The normalized spacial score (nSPS) is 17.6.